The van der Waals surface area contributed by atoms with Crippen molar-refractivity contribution in [2.45, 2.75) is 115 Å². The van der Waals surface area contributed by atoms with Gasteiger partial charge >= 0.3 is 0 Å². The lowest BCUT2D eigenvalue weighted by Crippen LogP contribution is -2.62. The molecule has 3 fully saturated rings. The van der Waals surface area contributed by atoms with Gasteiger partial charge in [0.2, 0.25) is 0 Å². The Hall–Kier alpha value is -0.0800. The van der Waals surface area contributed by atoms with Crippen LogP contribution in [0.4, 0.5) is 0 Å². The van der Waals surface area contributed by atoms with Gasteiger partial charge in [-0.05, 0) is 84.5 Å². The Labute approximate surface area is 131 Å². The number of hydrogen-bond donors (Lipinski definition) is 2. The molecule has 3 rings (SSSR count). The maximum absolute atomic E-state index is 4.04. The molecule has 21 heavy (non-hydrogen) atoms. The van der Waals surface area contributed by atoms with Crippen molar-refractivity contribution < 1.29 is 0 Å². The molecule has 1 saturated heterocycles. The quantitative estimate of drug-likeness (QED) is 0.789. The lowest BCUT2D eigenvalue weighted by molar-refractivity contribution is 0.116. The first-order valence-corrected chi connectivity index (χ1v) is 9.33. The van der Waals surface area contributed by atoms with Crippen LogP contribution in [0, 0.1) is 5.41 Å². The molecule has 0 atom stereocenters. The minimum atomic E-state index is 0.265. The van der Waals surface area contributed by atoms with E-state index in [0.29, 0.717) is 6.04 Å². The second-order valence-corrected chi connectivity index (χ2v) is 9.65. The molecule has 2 aliphatic carbocycles. The summed E-state index contributed by atoms with van der Waals surface area (Å²) in [6.07, 6.45) is 14.4. The third-order valence-corrected chi connectivity index (χ3v) is 6.37. The molecule has 1 heterocycles. The summed E-state index contributed by atoms with van der Waals surface area (Å²) in [5.41, 5.74) is 1.30. The van der Waals surface area contributed by atoms with Crippen molar-refractivity contribution in [1.82, 2.24) is 10.6 Å². The van der Waals surface area contributed by atoms with Crippen molar-refractivity contribution in [3.05, 3.63) is 0 Å². The van der Waals surface area contributed by atoms with Gasteiger partial charge in [0, 0.05) is 23.2 Å². The average Bonchev–Trinajstić information content (AvgIpc) is 2.77. The first-order chi connectivity index (χ1) is 9.78. The molecular weight excluding hydrogens is 256 g/mol. The predicted octanol–water partition coefficient (Wildman–Crippen LogP) is 4.39. The van der Waals surface area contributed by atoms with Gasteiger partial charge in [0.05, 0.1) is 0 Å². The van der Waals surface area contributed by atoms with E-state index >= 15 is 0 Å². The summed E-state index contributed by atoms with van der Waals surface area (Å²) in [6.45, 7) is 9.43. The second kappa shape index (κ2) is 5.53. The maximum Gasteiger partial charge on any atom is 0.0144 e. The Balaban J connectivity index is 1.53. The van der Waals surface area contributed by atoms with Crippen molar-refractivity contribution in [2.24, 2.45) is 5.41 Å². The summed E-state index contributed by atoms with van der Waals surface area (Å²) in [4.78, 5) is 0. The molecule has 3 aliphatic rings. The predicted molar refractivity (Wildman–Crippen MR) is 90.6 cm³/mol. The van der Waals surface area contributed by atoms with E-state index in [9.17, 15) is 0 Å². The first-order valence-electron chi connectivity index (χ1n) is 9.33. The van der Waals surface area contributed by atoms with Gasteiger partial charge in [-0.25, -0.2) is 0 Å². The summed E-state index contributed by atoms with van der Waals surface area (Å²) in [5, 5.41) is 7.83. The molecule has 0 amide bonds. The van der Waals surface area contributed by atoms with Crippen LogP contribution in [0.3, 0.4) is 0 Å². The summed E-state index contributed by atoms with van der Waals surface area (Å²) < 4.78 is 0. The average molecular weight is 293 g/mol. The zero-order valence-corrected chi connectivity index (χ0v) is 14.7. The van der Waals surface area contributed by atoms with Crippen LogP contribution in [-0.2, 0) is 0 Å². The standard InChI is InChI=1S/C19H36N2/c1-17(2)13-16(14-18(3,4)21-17)20-15-7-11-19(12-8-15)9-5-6-10-19/h15-16,20-21H,5-14H2,1-4H3. The lowest BCUT2D eigenvalue weighted by Gasteiger charge is -2.48. The van der Waals surface area contributed by atoms with Gasteiger partial charge in [0.15, 0.2) is 0 Å². The zero-order valence-electron chi connectivity index (χ0n) is 14.7. The molecule has 0 radical (unpaired) electrons. The van der Waals surface area contributed by atoms with Crippen LogP contribution in [0.2, 0.25) is 0 Å². The third kappa shape index (κ3) is 3.82. The highest BCUT2D eigenvalue weighted by atomic mass is 15.1. The second-order valence-electron chi connectivity index (χ2n) is 9.65. The third-order valence-electron chi connectivity index (χ3n) is 6.37. The molecule has 2 nitrogen and oxygen atoms in total. The normalized spacial score (nSPS) is 32.6. The highest BCUT2D eigenvalue weighted by molar-refractivity contribution is 5.01. The summed E-state index contributed by atoms with van der Waals surface area (Å²) in [6, 6.07) is 1.48. The zero-order chi connectivity index (χ0) is 15.1. The Morgan fingerprint density at radius 3 is 1.81 bits per heavy atom. The topological polar surface area (TPSA) is 24.1 Å². The number of hydrogen-bond acceptors (Lipinski definition) is 2. The summed E-state index contributed by atoms with van der Waals surface area (Å²) in [5.74, 6) is 0. The van der Waals surface area contributed by atoms with Crippen molar-refractivity contribution >= 4 is 0 Å². The van der Waals surface area contributed by atoms with Crippen molar-refractivity contribution in [3.63, 3.8) is 0 Å². The maximum atomic E-state index is 4.04. The number of rotatable bonds is 2. The molecule has 2 N–H and O–H groups in total. The molecule has 1 spiro atoms. The van der Waals surface area contributed by atoms with Gasteiger partial charge < -0.3 is 10.6 Å². The largest absolute Gasteiger partial charge is 0.311 e. The van der Waals surface area contributed by atoms with E-state index in [2.05, 4.69) is 38.3 Å². The van der Waals surface area contributed by atoms with E-state index in [-0.39, 0.29) is 11.1 Å². The van der Waals surface area contributed by atoms with E-state index in [0.717, 1.165) is 11.5 Å². The monoisotopic (exact) mass is 292 g/mol. The Kier molecular flexibility index (Phi) is 4.16. The SMILES string of the molecule is CC1(C)CC(NC2CCC3(CCCC3)CC2)CC(C)(C)N1. The smallest absolute Gasteiger partial charge is 0.0144 e. The molecule has 0 bridgehead atoms. The minimum absolute atomic E-state index is 0.265. The van der Waals surface area contributed by atoms with Gasteiger partial charge in [-0.3, -0.25) is 0 Å². The summed E-state index contributed by atoms with van der Waals surface area (Å²) in [7, 11) is 0. The Bertz CT molecular complexity index is 340. The first kappa shape index (κ1) is 15.8. The van der Waals surface area contributed by atoms with Gasteiger partial charge in [-0.1, -0.05) is 12.8 Å². The van der Waals surface area contributed by atoms with Crippen LogP contribution in [0.1, 0.15) is 91.9 Å². The number of piperidine rings is 1. The van der Waals surface area contributed by atoms with E-state index in [4.69, 9.17) is 0 Å². The van der Waals surface area contributed by atoms with Crippen LogP contribution in [0.25, 0.3) is 0 Å². The van der Waals surface area contributed by atoms with Gasteiger partial charge in [-0.15, -0.1) is 0 Å². The molecule has 1 aliphatic heterocycles. The Morgan fingerprint density at radius 1 is 0.762 bits per heavy atom. The number of nitrogens with one attached hydrogen (secondary N) is 2. The summed E-state index contributed by atoms with van der Waals surface area (Å²) >= 11 is 0. The molecule has 0 unspecified atom stereocenters. The van der Waals surface area contributed by atoms with Gasteiger partial charge in [0.25, 0.3) is 0 Å². The fourth-order valence-corrected chi connectivity index (χ4v) is 5.80. The molecule has 2 heteroatoms. The molecule has 2 saturated carbocycles. The molecule has 0 aromatic carbocycles. The molecule has 0 aromatic heterocycles. The fraction of sp³-hybridized carbons (Fsp3) is 1.00. The molecule has 122 valence electrons. The van der Waals surface area contributed by atoms with Crippen LogP contribution in [0.15, 0.2) is 0 Å². The van der Waals surface area contributed by atoms with Crippen LogP contribution in [0.5, 0.6) is 0 Å². The highest BCUT2D eigenvalue weighted by Crippen LogP contribution is 2.49. The van der Waals surface area contributed by atoms with Crippen molar-refractivity contribution in [2.75, 3.05) is 0 Å². The molecular formula is C19H36N2. The van der Waals surface area contributed by atoms with Gasteiger partial charge in [-0.2, -0.15) is 0 Å². The van der Waals surface area contributed by atoms with E-state index < -0.39 is 0 Å². The van der Waals surface area contributed by atoms with Crippen LogP contribution in [-0.4, -0.2) is 23.2 Å². The van der Waals surface area contributed by atoms with Crippen molar-refractivity contribution in [3.8, 4) is 0 Å². The highest BCUT2D eigenvalue weighted by Gasteiger charge is 2.41. The minimum Gasteiger partial charge on any atom is -0.311 e. The Morgan fingerprint density at radius 2 is 1.29 bits per heavy atom. The van der Waals surface area contributed by atoms with Crippen LogP contribution < -0.4 is 10.6 Å². The van der Waals surface area contributed by atoms with Crippen molar-refractivity contribution in [1.29, 1.82) is 0 Å². The molecule has 0 aromatic rings. The fourth-order valence-electron chi connectivity index (χ4n) is 5.80. The van der Waals surface area contributed by atoms with Gasteiger partial charge in [0.1, 0.15) is 0 Å². The van der Waals surface area contributed by atoms with Crippen LogP contribution >= 0.6 is 0 Å². The van der Waals surface area contributed by atoms with E-state index in [1.54, 1.807) is 0 Å². The van der Waals surface area contributed by atoms with E-state index in [1.165, 1.54) is 64.2 Å². The van der Waals surface area contributed by atoms with E-state index in [1.807, 2.05) is 0 Å². The lowest BCUT2D eigenvalue weighted by atomic mass is 9.71.